The van der Waals surface area contributed by atoms with Crippen molar-refractivity contribution >= 4 is 5.97 Å². The van der Waals surface area contributed by atoms with Crippen molar-refractivity contribution in [3.05, 3.63) is 35.9 Å². The Hall–Kier alpha value is -1.39. The van der Waals surface area contributed by atoms with E-state index in [0.717, 1.165) is 0 Å². The standard InChI is InChI=1S/C12H16O4/c1-3-16-11(14)12(15,9(2)13)10-7-5-4-6-8-10/h4-9,13,15H,3H2,1-2H3. The van der Waals surface area contributed by atoms with Gasteiger partial charge >= 0.3 is 5.97 Å². The molecule has 0 fully saturated rings. The minimum Gasteiger partial charge on any atom is -0.464 e. The zero-order chi connectivity index (χ0) is 12.2. The maximum atomic E-state index is 11.7. The Morgan fingerprint density at radius 3 is 2.44 bits per heavy atom. The fourth-order valence-electron chi connectivity index (χ4n) is 1.46. The van der Waals surface area contributed by atoms with Crippen LogP contribution in [0.25, 0.3) is 0 Å². The summed E-state index contributed by atoms with van der Waals surface area (Å²) in [6.07, 6.45) is -1.24. The molecule has 2 atom stereocenters. The lowest BCUT2D eigenvalue weighted by molar-refractivity contribution is -0.178. The van der Waals surface area contributed by atoms with Crippen molar-refractivity contribution in [2.24, 2.45) is 0 Å². The van der Waals surface area contributed by atoms with Gasteiger partial charge in [-0.25, -0.2) is 4.79 Å². The number of ether oxygens (including phenoxy) is 1. The van der Waals surface area contributed by atoms with Gasteiger partial charge in [-0.05, 0) is 19.4 Å². The summed E-state index contributed by atoms with van der Waals surface area (Å²) in [6.45, 7) is 3.15. The van der Waals surface area contributed by atoms with Crippen LogP contribution in [0.2, 0.25) is 0 Å². The van der Waals surface area contributed by atoms with Crippen molar-refractivity contribution in [3.8, 4) is 0 Å². The van der Waals surface area contributed by atoms with Crippen LogP contribution in [0.4, 0.5) is 0 Å². The number of hydrogen-bond acceptors (Lipinski definition) is 4. The van der Waals surface area contributed by atoms with Crippen LogP contribution in [0.15, 0.2) is 30.3 Å². The molecule has 0 radical (unpaired) electrons. The monoisotopic (exact) mass is 224 g/mol. The molecule has 4 heteroatoms. The highest BCUT2D eigenvalue weighted by Gasteiger charge is 2.44. The number of carbonyl (C=O) groups is 1. The summed E-state index contributed by atoms with van der Waals surface area (Å²) in [4.78, 5) is 11.7. The van der Waals surface area contributed by atoms with E-state index in [-0.39, 0.29) is 6.61 Å². The van der Waals surface area contributed by atoms with Crippen molar-refractivity contribution < 1.29 is 19.7 Å². The van der Waals surface area contributed by atoms with Gasteiger partial charge in [-0.2, -0.15) is 0 Å². The maximum Gasteiger partial charge on any atom is 0.345 e. The van der Waals surface area contributed by atoms with E-state index in [1.807, 2.05) is 0 Å². The molecule has 2 N–H and O–H groups in total. The minimum absolute atomic E-state index is 0.153. The Morgan fingerprint density at radius 1 is 1.44 bits per heavy atom. The largest absolute Gasteiger partial charge is 0.464 e. The Balaban J connectivity index is 3.12. The van der Waals surface area contributed by atoms with E-state index in [0.29, 0.717) is 5.56 Å². The lowest BCUT2D eigenvalue weighted by atomic mass is 9.89. The molecule has 0 spiro atoms. The molecular formula is C12H16O4. The predicted molar refractivity (Wildman–Crippen MR) is 58.7 cm³/mol. The molecule has 0 aliphatic carbocycles. The van der Waals surface area contributed by atoms with Gasteiger partial charge in [-0.1, -0.05) is 30.3 Å². The number of hydrogen-bond donors (Lipinski definition) is 2. The zero-order valence-electron chi connectivity index (χ0n) is 9.38. The van der Waals surface area contributed by atoms with E-state index >= 15 is 0 Å². The molecule has 0 saturated carbocycles. The van der Waals surface area contributed by atoms with Crippen LogP contribution in [-0.2, 0) is 15.1 Å². The fraction of sp³-hybridized carbons (Fsp3) is 0.417. The molecule has 0 bridgehead atoms. The Kier molecular flexibility index (Phi) is 4.04. The van der Waals surface area contributed by atoms with Crippen molar-refractivity contribution in [2.45, 2.75) is 25.6 Å². The van der Waals surface area contributed by atoms with Crippen LogP contribution in [0, 0.1) is 0 Å². The van der Waals surface area contributed by atoms with Crippen LogP contribution in [0.1, 0.15) is 19.4 Å². The molecule has 0 aliphatic heterocycles. The fourth-order valence-corrected chi connectivity index (χ4v) is 1.46. The van der Waals surface area contributed by atoms with Crippen LogP contribution < -0.4 is 0 Å². The highest BCUT2D eigenvalue weighted by Crippen LogP contribution is 2.26. The molecule has 0 aliphatic rings. The summed E-state index contributed by atoms with van der Waals surface area (Å²) in [7, 11) is 0. The minimum atomic E-state index is -2.00. The van der Waals surface area contributed by atoms with Gasteiger partial charge < -0.3 is 14.9 Å². The first-order valence-electron chi connectivity index (χ1n) is 5.16. The smallest absolute Gasteiger partial charge is 0.345 e. The van der Waals surface area contributed by atoms with Gasteiger partial charge in [0.15, 0.2) is 0 Å². The first-order valence-corrected chi connectivity index (χ1v) is 5.16. The van der Waals surface area contributed by atoms with Gasteiger partial charge in [-0.3, -0.25) is 0 Å². The third-order valence-electron chi connectivity index (χ3n) is 2.41. The molecule has 0 aromatic heterocycles. The summed E-state index contributed by atoms with van der Waals surface area (Å²) in [6, 6.07) is 8.27. The van der Waals surface area contributed by atoms with Crippen molar-refractivity contribution in [1.82, 2.24) is 0 Å². The maximum absolute atomic E-state index is 11.7. The second kappa shape index (κ2) is 5.09. The summed E-state index contributed by atoms with van der Waals surface area (Å²) in [5.41, 5.74) is -1.68. The SMILES string of the molecule is CCOC(=O)C(O)(c1ccccc1)C(C)O. The number of aliphatic hydroxyl groups is 2. The third kappa shape index (κ3) is 2.23. The molecule has 16 heavy (non-hydrogen) atoms. The molecule has 0 saturated heterocycles. The van der Waals surface area contributed by atoms with Crippen molar-refractivity contribution in [2.75, 3.05) is 6.61 Å². The van der Waals surface area contributed by atoms with E-state index in [1.54, 1.807) is 37.3 Å². The molecule has 1 aromatic rings. The molecule has 0 heterocycles. The van der Waals surface area contributed by atoms with Crippen molar-refractivity contribution in [1.29, 1.82) is 0 Å². The lowest BCUT2D eigenvalue weighted by Crippen LogP contribution is -2.46. The molecule has 2 unspecified atom stereocenters. The van der Waals surface area contributed by atoms with Gasteiger partial charge in [0.25, 0.3) is 0 Å². The van der Waals surface area contributed by atoms with Crippen LogP contribution >= 0.6 is 0 Å². The Bertz CT molecular complexity index is 347. The molecule has 1 aromatic carbocycles. The van der Waals surface area contributed by atoms with E-state index in [1.165, 1.54) is 6.92 Å². The number of carbonyl (C=O) groups excluding carboxylic acids is 1. The van der Waals surface area contributed by atoms with Gasteiger partial charge in [0.1, 0.15) is 0 Å². The highest BCUT2D eigenvalue weighted by molar-refractivity contribution is 5.81. The molecule has 0 amide bonds. The number of esters is 1. The average molecular weight is 224 g/mol. The highest BCUT2D eigenvalue weighted by atomic mass is 16.6. The second-order valence-electron chi connectivity index (χ2n) is 3.53. The topological polar surface area (TPSA) is 66.8 Å². The predicted octanol–water partition coefficient (Wildman–Crippen LogP) is 0.818. The molecule has 1 rings (SSSR count). The zero-order valence-corrected chi connectivity index (χ0v) is 9.38. The first kappa shape index (κ1) is 12.7. The van der Waals surface area contributed by atoms with E-state index in [2.05, 4.69) is 0 Å². The Morgan fingerprint density at radius 2 is 2.00 bits per heavy atom. The Labute approximate surface area is 94.5 Å². The average Bonchev–Trinajstić information content (AvgIpc) is 2.29. The van der Waals surface area contributed by atoms with Gasteiger partial charge in [0.05, 0.1) is 12.7 Å². The van der Waals surface area contributed by atoms with E-state index in [4.69, 9.17) is 4.74 Å². The molecular weight excluding hydrogens is 208 g/mol. The van der Waals surface area contributed by atoms with E-state index < -0.39 is 17.7 Å². The molecule has 88 valence electrons. The number of rotatable bonds is 4. The number of benzene rings is 1. The summed E-state index contributed by atoms with van der Waals surface area (Å²) in [5, 5.41) is 19.8. The van der Waals surface area contributed by atoms with Gasteiger partial charge in [-0.15, -0.1) is 0 Å². The second-order valence-corrected chi connectivity index (χ2v) is 3.53. The lowest BCUT2D eigenvalue weighted by Gasteiger charge is -2.28. The summed E-state index contributed by atoms with van der Waals surface area (Å²) >= 11 is 0. The van der Waals surface area contributed by atoms with E-state index in [9.17, 15) is 15.0 Å². The normalized spacial score (nSPS) is 16.2. The first-order chi connectivity index (χ1) is 7.53. The number of aliphatic hydroxyl groups excluding tert-OH is 1. The van der Waals surface area contributed by atoms with Crippen LogP contribution in [-0.4, -0.2) is 28.9 Å². The van der Waals surface area contributed by atoms with Crippen LogP contribution in [0.5, 0.6) is 0 Å². The van der Waals surface area contributed by atoms with Gasteiger partial charge in [0.2, 0.25) is 5.60 Å². The van der Waals surface area contributed by atoms with Gasteiger partial charge in [0, 0.05) is 0 Å². The quantitative estimate of drug-likeness (QED) is 0.743. The molecule has 4 nitrogen and oxygen atoms in total. The van der Waals surface area contributed by atoms with Crippen molar-refractivity contribution in [3.63, 3.8) is 0 Å². The van der Waals surface area contributed by atoms with Crippen LogP contribution in [0.3, 0.4) is 0 Å². The summed E-state index contributed by atoms with van der Waals surface area (Å²) < 4.78 is 4.77. The third-order valence-corrected chi connectivity index (χ3v) is 2.41. The summed E-state index contributed by atoms with van der Waals surface area (Å²) in [5.74, 6) is -0.837.